The van der Waals surface area contributed by atoms with Crippen molar-refractivity contribution in [1.82, 2.24) is 5.32 Å². The minimum absolute atomic E-state index is 0.0356. The van der Waals surface area contributed by atoms with Crippen LogP contribution in [-0.2, 0) is 4.79 Å². The third kappa shape index (κ3) is 3.55. The monoisotopic (exact) mass is 280 g/mol. The standard InChI is InChI=1S/C17H32N2O/c1-11(2)13-8-4-5-10-15(13)19-17(20)14-9-6-7-12(3)16(14)18/h11-16H,4-10,18H2,1-3H3,(H,19,20). The molecule has 0 aliphatic heterocycles. The van der Waals surface area contributed by atoms with E-state index in [0.29, 0.717) is 23.8 Å². The highest BCUT2D eigenvalue weighted by Crippen LogP contribution is 2.32. The minimum atomic E-state index is 0.0356. The van der Waals surface area contributed by atoms with Crippen molar-refractivity contribution in [2.45, 2.75) is 77.8 Å². The van der Waals surface area contributed by atoms with Gasteiger partial charge in [0.25, 0.3) is 0 Å². The average Bonchev–Trinajstić information content (AvgIpc) is 2.42. The Balaban J connectivity index is 1.95. The predicted molar refractivity (Wildman–Crippen MR) is 83.2 cm³/mol. The lowest BCUT2D eigenvalue weighted by Gasteiger charge is -2.38. The van der Waals surface area contributed by atoms with E-state index in [4.69, 9.17) is 5.73 Å². The van der Waals surface area contributed by atoms with Crippen LogP contribution in [0.5, 0.6) is 0 Å². The molecule has 0 aromatic carbocycles. The topological polar surface area (TPSA) is 55.1 Å². The molecular weight excluding hydrogens is 248 g/mol. The first-order chi connectivity index (χ1) is 9.50. The maximum Gasteiger partial charge on any atom is 0.224 e. The van der Waals surface area contributed by atoms with E-state index < -0.39 is 0 Å². The van der Waals surface area contributed by atoms with Gasteiger partial charge in [-0.15, -0.1) is 0 Å². The van der Waals surface area contributed by atoms with Crippen LogP contribution in [0.2, 0.25) is 0 Å². The summed E-state index contributed by atoms with van der Waals surface area (Å²) in [6, 6.07) is 0.422. The number of hydrogen-bond acceptors (Lipinski definition) is 2. The first kappa shape index (κ1) is 15.8. The molecule has 0 radical (unpaired) electrons. The van der Waals surface area contributed by atoms with Crippen LogP contribution in [0.15, 0.2) is 0 Å². The molecule has 3 N–H and O–H groups in total. The molecule has 1 amide bonds. The van der Waals surface area contributed by atoms with Crippen LogP contribution < -0.4 is 11.1 Å². The van der Waals surface area contributed by atoms with Gasteiger partial charge in [0.05, 0.1) is 5.92 Å². The Morgan fingerprint density at radius 1 is 1.10 bits per heavy atom. The van der Waals surface area contributed by atoms with E-state index in [-0.39, 0.29) is 17.9 Å². The quantitative estimate of drug-likeness (QED) is 0.834. The van der Waals surface area contributed by atoms with Crippen LogP contribution in [0.25, 0.3) is 0 Å². The molecule has 0 bridgehead atoms. The van der Waals surface area contributed by atoms with E-state index in [9.17, 15) is 4.79 Å². The van der Waals surface area contributed by atoms with Crippen LogP contribution >= 0.6 is 0 Å². The van der Waals surface area contributed by atoms with Crippen molar-refractivity contribution in [2.75, 3.05) is 0 Å². The zero-order chi connectivity index (χ0) is 14.7. The predicted octanol–water partition coefficient (Wildman–Crippen LogP) is 3.08. The van der Waals surface area contributed by atoms with E-state index in [0.717, 1.165) is 19.3 Å². The Bertz CT molecular complexity index is 329. The maximum absolute atomic E-state index is 12.6. The summed E-state index contributed by atoms with van der Waals surface area (Å²) in [7, 11) is 0. The Hall–Kier alpha value is -0.570. The first-order valence-electron chi connectivity index (χ1n) is 8.56. The second kappa shape index (κ2) is 6.93. The summed E-state index contributed by atoms with van der Waals surface area (Å²) in [5.41, 5.74) is 6.26. The molecule has 20 heavy (non-hydrogen) atoms. The van der Waals surface area contributed by atoms with Crippen molar-refractivity contribution < 1.29 is 4.79 Å². The summed E-state index contributed by atoms with van der Waals surface area (Å²) < 4.78 is 0. The summed E-state index contributed by atoms with van der Waals surface area (Å²) in [6.45, 7) is 6.74. The molecule has 2 fully saturated rings. The van der Waals surface area contributed by atoms with Crippen molar-refractivity contribution in [3.63, 3.8) is 0 Å². The zero-order valence-corrected chi connectivity index (χ0v) is 13.4. The number of amides is 1. The fourth-order valence-corrected chi connectivity index (χ4v) is 4.17. The van der Waals surface area contributed by atoms with Crippen molar-refractivity contribution in [3.05, 3.63) is 0 Å². The SMILES string of the molecule is CC(C)C1CCCCC1NC(=O)C1CCCC(C)C1N. The average molecular weight is 280 g/mol. The summed E-state index contributed by atoms with van der Waals surface area (Å²) in [5.74, 6) is 2.03. The molecule has 2 aliphatic carbocycles. The Labute approximate surface area is 124 Å². The van der Waals surface area contributed by atoms with Gasteiger partial charge in [-0.05, 0) is 43.4 Å². The van der Waals surface area contributed by atoms with Crippen LogP contribution in [-0.4, -0.2) is 18.0 Å². The normalized spacial score (nSPS) is 38.8. The van der Waals surface area contributed by atoms with Gasteiger partial charge >= 0.3 is 0 Å². The van der Waals surface area contributed by atoms with Gasteiger partial charge in [-0.1, -0.05) is 40.0 Å². The van der Waals surface area contributed by atoms with Gasteiger partial charge < -0.3 is 11.1 Å². The minimum Gasteiger partial charge on any atom is -0.353 e. The van der Waals surface area contributed by atoms with Gasteiger partial charge in [0.1, 0.15) is 0 Å². The van der Waals surface area contributed by atoms with Crippen LogP contribution in [0.4, 0.5) is 0 Å². The molecule has 2 rings (SSSR count). The fourth-order valence-electron chi connectivity index (χ4n) is 4.17. The van der Waals surface area contributed by atoms with E-state index >= 15 is 0 Å². The second-order valence-corrected chi connectivity index (χ2v) is 7.40. The van der Waals surface area contributed by atoms with E-state index in [1.165, 1.54) is 25.7 Å². The van der Waals surface area contributed by atoms with Crippen molar-refractivity contribution in [1.29, 1.82) is 0 Å². The van der Waals surface area contributed by atoms with Gasteiger partial charge in [0.15, 0.2) is 0 Å². The van der Waals surface area contributed by atoms with Gasteiger partial charge in [0, 0.05) is 12.1 Å². The third-order valence-electron chi connectivity index (χ3n) is 5.64. The number of nitrogens with one attached hydrogen (secondary N) is 1. The lowest BCUT2D eigenvalue weighted by Crippen LogP contribution is -2.52. The lowest BCUT2D eigenvalue weighted by atomic mass is 9.75. The van der Waals surface area contributed by atoms with Crippen LogP contribution in [0, 0.1) is 23.7 Å². The second-order valence-electron chi connectivity index (χ2n) is 7.40. The highest BCUT2D eigenvalue weighted by molar-refractivity contribution is 5.79. The van der Waals surface area contributed by atoms with Crippen molar-refractivity contribution in [3.8, 4) is 0 Å². The van der Waals surface area contributed by atoms with E-state index in [1.54, 1.807) is 0 Å². The molecule has 0 spiro atoms. The molecule has 3 heteroatoms. The van der Waals surface area contributed by atoms with E-state index in [2.05, 4.69) is 26.1 Å². The lowest BCUT2D eigenvalue weighted by molar-refractivity contribution is -0.128. The zero-order valence-electron chi connectivity index (χ0n) is 13.4. The molecule has 116 valence electrons. The molecule has 2 saturated carbocycles. The Morgan fingerprint density at radius 2 is 1.80 bits per heavy atom. The van der Waals surface area contributed by atoms with Gasteiger partial charge in [-0.25, -0.2) is 0 Å². The van der Waals surface area contributed by atoms with Crippen LogP contribution in [0.3, 0.4) is 0 Å². The number of carbonyl (C=O) groups is 1. The van der Waals surface area contributed by atoms with E-state index in [1.807, 2.05) is 0 Å². The molecule has 5 unspecified atom stereocenters. The van der Waals surface area contributed by atoms with Gasteiger partial charge in [-0.3, -0.25) is 4.79 Å². The fraction of sp³-hybridized carbons (Fsp3) is 0.941. The summed E-state index contributed by atoms with van der Waals surface area (Å²) in [6.07, 6.45) is 8.25. The first-order valence-corrected chi connectivity index (χ1v) is 8.56. The number of carbonyl (C=O) groups excluding carboxylic acids is 1. The third-order valence-corrected chi connectivity index (χ3v) is 5.64. The molecule has 3 nitrogen and oxygen atoms in total. The molecule has 0 saturated heterocycles. The van der Waals surface area contributed by atoms with Crippen molar-refractivity contribution >= 4 is 5.91 Å². The number of nitrogens with two attached hydrogens (primary N) is 1. The summed E-state index contributed by atoms with van der Waals surface area (Å²) in [4.78, 5) is 12.6. The molecule has 0 aromatic rings. The summed E-state index contributed by atoms with van der Waals surface area (Å²) in [5, 5.41) is 3.35. The maximum atomic E-state index is 12.6. The van der Waals surface area contributed by atoms with Gasteiger partial charge in [0.2, 0.25) is 5.91 Å². The Kier molecular flexibility index (Phi) is 5.48. The molecule has 0 heterocycles. The summed E-state index contributed by atoms with van der Waals surface area (Å²) >= 11 is 0. The largest absolute Gasteiger partial charge is 0.353 e. The highest BCUT2D eigenvalue weighted by Gasteiger charge is 2.35. The van der Waals surface area contributed by atoms with Gasteiger partial charge in [-0.2, -0.15) is 0 Å². The highest BCUT2D eigenvalue weighted by atomic mass is 16.2. The molecule has 0 aromatic heterocycles. The number of rotatable bonds is 3. The smallest absolute Gasteiger partial charge is 0.224 e. The molecule has 2 aliphatic rings. The molecule has 5 atom stereocenters. The Morgan fingerprint density at radius 3 is 2.50 bits per heavy atom. The molecular formula is C17H32N2O. The van der Waals surface area contributed by atoms with Crippen molar-refractivity contribution in [2.24, 2.45) is 29.4 Å². The number of hydrogen-bond donors (Lipinski definition) is 2. The van der Waals surface area contributed by atoms with Crippen LogP contribution in [0.1, 0.15) is 65.7 Å².